The summed E-state index contributed by atoms with van der Waals surface area (Å²) in [4.78, 5) is 0. The fourth-order valence-electron chi connectivity index (χ4n) is 2.98. The Labute approximate surface area is 178 Å². The van der Waals surface area contributed by atoms with Crippen LogP contribution in [-0.2, 0) is 0 Å². The lowest BCUT2D eigenvalue weighted by Gasteiger charge is -2.13. The van der Waals surface area contributed by atoms with Gasteiger partial charge in [-0.1, -0.05) is 48.5 Å². The molecule has 4 nitrogen and oxygen atoms in total. The average Bonchev–Trinajstić information content (AvgIpc) is 2.77. The predicted molar refractivity (Wildman–Crippen MR) is 120 cm³/mol. The molecule has 3 aromatic carbocycles. The summed E-state index contributed by atoms with van der Waals surface area (Å²) >= 11 is 0. The summed E-state index contributed by atoms with van der Waals surface area (Å²) < 4.78 is 17.4. The molecule has 0 fully saturated rings. The minimum atomic E-state index is 0.399. The number of allylic oxidation sites excluding steroid dienone is 1. The molecule has 4 heteroatoms. The molecule has 0 N–H and O–H groups in total. The molecule has 3 rings (SSSR count). The van der Waals surface area contributed by atoms with Crippen molar-refractivity contribution in [2.75, 3.05) is 19.8 Å². The van der Waals surface area contributed by atoms with E-state index in [-0.39, 0.29) is 0 Å². The Kier molecular flexibility index (Phi) is 7.51. The van der Waals surface area contributed by atoms with E-state index in [1.807, 2.05) is 92.7 Å². The molecule has 0 aromatic heterocycles. The molecule has 30 heavy (non-hydrogen) atoms. The molecule has 0 atom stereocenters. The van der Waals surface area contributed by atoms with Crippen molar-refractivity contribution in [3.05, 3.63) is 89.5 Å². The van der Waals surface area contributed by atoms with Crippen molar-refractivity contribution >= 4 is 11.6 Å². The number of ether oxygens (including phenoxy) is 3. The van der Waals surface area contributed by atoms with Gasteiger partial charge in [-0.3, -0.25) is 0 Å². The molecule has 0 bridgehead atoms. The number of aryl methyl sites for hydroxylation is 1. The smallest absolute Gasteiger partial charge is 0.161 e. The number of rotatable bonds is 9. The van der Waals surface area contributed by atoms with Crippen molar-refractivity contribution in [3.8, 4) is 23.3 Å². The lowest BCUT2D eigenvalue weighted by Crippen LogP contribution is -2.10. The molecule has 3 aromatic rings. The van der Waals surface area contributed by atoms with Gasteiger partial charge in [0, 0.05) is 0 Å². The second-order valence-corrected chi connectivity index (χ2v) is 6.69. The minimum Gasteiger partial charge on any atom is -0.490 e. The summed E-state index contributed by atoms with van der Waals surface area (Å²) in [7, 11) is 0. The van der Waals surface area contributed by atoms with Crippen LogP contribution in [0.3, 0.4) is 0 Å². The zero-order valence-electron chi connectivity index (χ0n) is 17.3. The quantitative estimate of drug-likeness (QED) is 0.255. The van der Waals surface area contributed by atoms with Gasteiger partial charge in [0.05, 0.1) is 18.2 Å². The summed E-state index contributed by atoms with van der Waals surface area (Å²) in [6.45, 7) is 5.31. The Hall–Kier alpha value is -3.71. The normalized spacial score (nSPS) is 10.9. The van der Waals surface area contributed by atoms with Gasteiger partial charge in [-0.25, -0.2) is 0 Å². The maximum atomic E-state index is 9.53. The first-order valence-corrected chi connectivity index (χ1v) is 9.96. The van der Waals surface area contributed by atoms with Crippen LogP contribution in [-0.4, -0.2) is 19.8 Å². The summed E-state index contributed by atoms with van der Waals surface area (Å²) in [6, 6.07) is 25.5. The van der Waals surface area contributed by atoms with Gasteiger partial charge in [0.2, 0.25) is 0 Å². The molecule has 0 aliphatic rings. The lowest BCUT2D eigenvalue weighted by atomic mass is 10.0. The second-order valence-electron chi connectivity index (χ2n) is 6.69. The minimum absolute atomic E-state index is 0.399. The first kappa shape index (κ1) is 21.0. The zero-order valence-corrected chi connectivity index (χ0v) is 17.3. The van der Waals surface area contributed by atoms with E-state index in [4.69, 9.17) is 14.2 Å². The maximum absolute atomic E-state index is 9.53. The van der Waals surface area contributed by atoms with Gasteiger partial charge in [-0.2, -0.15) is 5.26 Å². The lowest BCUT2D eigenvalue weighted by molar-refractivity contribution is 0.208. The van der Waals surface area contributed by atoms with Crippen LogP contribution in [0.2, 0.25) is 0 Å². The topological polar surface area (TPSA) is 51.5 Å². The molecule has 0 amide bonds. The van der Waals surface area contributed by atoms with E-state index >= 15 is 0 Å². The summed E-state index contributed by atoms with van der Waals surface area (Å²) in [5.74, 6) is 2.13. The molecular formula is C26H25NO3. The van der Waals surface area contributed by atoms with Gasteiger partial charge >= 0.3 is 0 Å². The van der Waals surface area contributed by atoms with Gasteiger partial charge in [-0.15, -0.1) is 0 Å². The number of hydrogen-bond donors (Lipinski definition) is 0. The fraction of sp³-hybridized carbons (Fsp3) is 0.192. The van der Waals surface area contributed by atoms with Crippen molar-refractivity contribution < 1.29 is 14.2 Å². The van der Waals surface area contributed by atoms with Crippen LogP contribution < -0.4 is 14.2 Å². The predicted octanol–water partition coefficient (Wildman–Crippen LogP) is 5.92. The number of hydrogen-bond acceptors (Lipinski definition) is 4. The van der Waals surface area contributed by atoms with Crippen molar-refractivity contribution in [3.63, 3.8) is 0 Å². The standard InChI is InChI=1S/C26H25NO3/c1-3-28-26-18-21(17-23(19-27)22-9-5-4-6-10-22)12-13-25(26)30-15-14-29-24-11-7-8-20(2)16-24/h4-13,16-18H,3,14-15H2,1-2H3. The first-order chi connectivity index (χ1) is 14.7. The van der Waals surface area contributed by atoms with Crippen LogP contribution in [0.5, 0.6) is 17.2 Å². The molecule has 0 unspecified atom stereocenters. The average molecular weight is 399 g/mol. The number of nitrogens with zero attached hydrogens (tertiary/aromatic N) is 1. The second kappa shape index (κ2) is 10.7. The number of nitriles is 1. The Bertz CT molecular complexity index is 1040. The molecule has 0 radical (unpaired) electrons. The molecule has 152 valence electrons. The maximum Gasteiger partial charge on any atom is 0.161 e. The summed E-state index contributed by atoms with van der Waals surface area (Å²) in [5, 5.41) is 9.53. The van der Waals surface area contributed by atoms with Crippen LogP contribution in [0.25, 0.3) is 11.6 Å². The fourth-order valence-corrected chi connectivity index (χ4v) is 2.98. The van der Waals surface area contributed by atoms with E-state index < -0.39 is 0 Å². The molecule has 0 heterocycles. The third kappa shape index (κ3) is 5.89. The molecule has 0 saturated heterocycles. The van der Waals surface area contributed by atoms with Crippen molar-refractivity contribution in [2.24, 2.45) is 0 Å². The van der Waals surface area contributed by atoms with E-state index in [9.17, 15) is 5.26 Å². The van der Waals surface area contributed by atoms with Crippen LogP contribution >= 0.6 is 0 Å². The van der Waals surface area contributed by atoms with Gasteiger partial charge < -0.3 is 14.2 Å². The van der Waals surface area contributed by atoms with Crippen LogP contribution in [0, 0.1) is 18.3 Å². The molecule has 0 spiro atoms. The van der Waals surface area contributed by atoms with Gasteiger partial charge in [0.15, 0.2) is 11.5 Å². The highest BCUT2D eigenvalue weighted by Crippen LogP contribution is 2.30. The molecule has 0 aliphatic heterocycles. The summed E-state index contributed by atoms with van der Waals surface area (Å²) in [5.41, 5.74) is 3.51. The van der Waals surface area contributed by atoms with Crippen LogP contribution in [0.4, 0.5) is 0 Å². The van der Waals surface area contributed by atoms with E-state index in [1.54, 1.807) is 0 Å². The Morgan fingerprint density at radius 3 is 2.40 bits per heavy atom. The third-order valence-electron chi connectivity index (χ3n) is 4.38. The van der Waals surface area contributed by atoms with Gasteiger partial charge in [0.1, 0.15) is 19.0 Å². The van der Waals surface area contributed by atoms with Gasteiger partial charge in [-0.05, 0) is 60.9 Å². The van der Waals surface area contributed by atoms with Crippen molar-refractivity contribution in [2.45, 2.75) is 13.8 Å². The van der Waals surface area contributed by atoms with E-state index in [2.05, 4.69) is 6.07 Å². The number of benzene rings is 3. The van der Waals surface area contributed by atoms with Crippen molar-refractivity contribution in [1.29, 1.82) is 5.26 Å². The highest BCUT2D eigenvalue weighted by Gasteiger charge is 2.08. The first-order valence-electron chi connectivity index (χ1n) is 9.96. The van der Waals surface area contributed by atoms with Gasteiger partial charge in [0.25, 0.3) is 0 Å². The van der Waals surface area contributed by atoms with Crippen molar-refractivity contribution in [1.82, 2.24) is 0 Å². The highest BCUT2D eigenvalue weighted by molar-refractivity contribution is 5.89. The largest absolute Gasteiger partial charge is 0.490 e. The highest BCUT2D eigenvalue weighted by atomic mass is 16.5. The Morgan fingerprint density at radius 1 is 0.867 bits per heavy atom. The molecule has 0 aliphatic carbocycles. The van der Waals surface area contributed by atoms with E-state index in [0.717, 1.165) is 22.4 Å². The van der Waals surface area contributed by atoms with E-state index in [1.165, 1.54) is 0 Å². The Morgan fingerprint density at radius 2 is 1.67 bits per heavy atom. The van der Waals surface area contributed by atoms with Crippen LogP contribution in [0.15, 0.2) is 72.8 Å². The van der Waals surface area contributed by atoms with Crippen LogP contribution in [0.1, 0.15) is 23.6 Å². The monoisotopic (exact) mass is 399 g/mol. The van der Waals surface area contributed by atoms with E-state index in [0.29, 0.717) is 36.9 Å². The SMILES string of the molecule is CCOc1cc(C=C(C#N)c2ccccc2)ccc1OCCOc1cccc(C)c1. The summed E-state index contributed by atoms with van der Waals surface area (Å²) in [6.07, 6.45) is 1.85. The molecular weight excluding hydrogens is 374 g/mol. The third-order valence-corrected chi connectivity index (χ3v) is 4.38. The molecule has 0 saturated carbocycles. The Balaban J connectivity index is 1.68. The zero-order chi connectivity index (χ0) is 21.2.